The van der Waals surface area contributed by atoms with E-state index in [1.807, 2.05) is 6.92 Å². The summed E-state index contributed by atoms with van der Waals surface area (Å²) < 4.78 is 19.7. The Kier molecular flexibility index (Phi) is 5.37. The molecule has 1 saturated heterocycles. The van der Waals surface area contributed by atoms with Crippen molar-refractivity contribution in [3.8, 4) is 0 Å². The normalized spacial score (nSPS) is 21.1. The highest BCUT2D eigenvalue weighted by Crippen LogP contribution is 2.32. The van der Waals surface area contributed by atoms with E-state index in [9.17, 15) is 14.0 Å². The van der Waals surface area contributed by atoms with Gasteiger partial charge >= 0.3 is 0 Å². The molecule has 1 atom stereocenters. The third-order valence-corrected chi connectivity index (χ3v) is 5.19. The number of carbonyl (C=O) groups is 2. The molecule has 0 spiro atoms. The Hall–Kier alpha value is -1.95. The fourth-order valence-electron chi connectivity index (χ4n) is 3.79. The fourth-order valence-corrected chi connectivity index (χ4v) is 3.79. The molecule has 5 nitrogen and oxygen atoms in total. The molecule has 1 aromatic carbocycles. The molecule has 0 aliphatic carbocycles. The van der Waals surface area contributed by atoms with Crippen molar-refractivity contribution in [1.29, 1.82) is 0 Å². The number of aryl methyl sites for hydroxylation is 1. The topological polar surface area (TPSA) is 49.9 Å². The van der Waals surface area contributed by atoms with E-state index in [-0.39, 0.29) is 24.2 Å². The van der Waals surface area contributed by atoms with Gasteiger partial charge in [-0.25, -0.2) is 4.39 Å². The van der Waals surface area contributed by atoms with Crippen molar-refractivity contribution in [3.63, 3.8) is 0 Å². The highest BCUT2D eigenvalue weighted by atomic mass is 19.1. The molecule has 2 heterocycles. The smallest absolute Gasteiger partial charge is 0.252 e. The molecule has 0 bridgehead atoms. The number of fused-ring (bicyclic) bond motifs is 1. The van der Waals surface area contributed by atoms with Crippen LogP contribution in [0.15, 0.2) is 12.1 Å². The summed E-state index contributed by atoms with van der Waals surface area (Å²) in [4.78, 5) is 28.5. The number of methoxy groups -OCH3 is 1. The maximum Gasteiger partial charge on any atom is 0.252 e. The molecule has 1 fully saturated rings. The Labute approximate surface area is 147 Å². The summed E-state index contributed by atoms with van der Waals surface area (Å²) in [5.41, 5.74) is 2.29. The van der Waals surface area contributed by atoms with Crippen molar-refractivity contribution in [1.82, 2.24) is 4.90 Å². The molecule has 2 aliphatic heterocycles. The summed E-state index contributed by atoms with van der Waals surface area (Å²) in [7, 11) is 1.52. The number of hydrogen-bond acceptors (Lipinski definition) is 3. The number of hydrogen-bond donors (Lipinski definition) is 0. The second-order valence-electron chi connectivity index (χ2n) is 6.82. The minimum Gasteiger partial charge on any atom is -0.372 e. The first kappa shape index (κ1) is 17.9. The van der Waals surface area contributed by atoms with Gasteiger partial charge in [0.05, 0.1) is 5.69 Å². The summed E-state index contributed by atoms with van der Waals surface area (Å²) in [6, 6.07) is 3.17. The van der Waals surface area contributed by atoms with Crippen LogP contribution in [0.25, 0.3) is 0 Å². The lowest BCUT2D eigenvalue weighted by molar-refractivity contribution is -0.143. The van der Waals surface area contributed by atoms with Crippen molar-refractivity contribution >= 4 is 17.5 Å². The van der Waals surface area contributed by atoms with Crippen molar-refractivity contribution in [2.75, 3.05) is 31.6 Å². The number of ether oxygens (including phenoxy) is 1. The van der Waals surface area contributed by atoms with Crippen molar-refractivity contribution in [3.05, 3.63) is 29.1 Å². The van der Waals surface area contributed by atoms with Crippen LogP contribution < -0.4 is 4.90 Å². The first-order valence-corrected chi connectivity index (χ1v) is 8.93. The number of amides is 2. The SMILES string of the molecule is COC1CCCCN(CC(=O)N2CCCc3c(C)ccc(F)c32)C1=O. The van der Waals surface area contributed by atoms with Gasteiger partial charge in [0.15, 0.2) is 0 Å². The minimum absolute atomic E-state index is 0.0223. The van der Waals surface area contributed by atoms with Crippen LogP contribution in [-0.2, 0) is 20.7 Å². The number of benzene rings is 1. The average Bonchev–Trinajstić information content (AvgIpc) is 2.79. The number of likely N-dealkylation sites (tertiary alicyclic amines) is 1. The molecule has 2 aliphatic rings. The predicted octanol–water partition coefficient (Wildman–Crippen LogP) is 2.44. The van der Waals surface area contributed by atoms with Gasteiger partial charge in [-0.05, 0) is 56.2 Å². The molecule has 25 heavy (non-hydrogen) atoms. The molecule has 1 unspecified atom stereocenters. The number of rotatable bonds is 3. The van der Waals surface area contributed by atoms with Crippen molar-refractivity contribution in [2.24, 2.45) is 0 Å². The first-order valence-electron chi connectivity index (χ1n) is 8.93. The predicted molar refractivity (Wildman–Crippen MR) is 93.0 cm³/mol. The van der Waals surface area contributed by atoms with Crippen molar-refractivity contribution in [2.45, 2.75) is 45.1 Å². The minimum atomic E-state index is -0.483. The molecule has 1 aromatic rings. The van der Waals surface area contributed by atoms with Gasteiger partial charge in [0.1, 0.15) is 18.5 Å². The summed E-state index contributed by atoms with van der Waals surface area (Å²) in [6.07, 6.45) is 3.52. The molecule has 0 aromatic heterocycles. The molecule has 3 rings (SSSR count). The van der Waals surface area contributed by atoms with E-state index < -0.39 is 6.10 Å². The van der Waals surface area contributed by atoms with Gasteiger partial charge in [0, 0.05) is 20.2 Å². The Morgan fingerprint density at radius 1 is 1.28 bits per heavy atom. The van der Waals surface area contributed by atoms with E-state index in [0.29, 0.717) is 25.2 Å². The maximum absolute atomic E-state index is 14.4. The lowest BCUT2D eigenvalue weighted by Gasteiger charge is -2.33. The van der Waals surface area contributed by atoms with Gasteiger partial charge in [0.25, 0.3) is 5.91 Å². The van der Waals surface area contributed by atoms with E-state index in [1.54, 1.807) is 11.0 Å². The van der Waals surface area contributed by atoms with Gasteiger partial charge in [0.2, 0.25) is 5.91 Å². The van der Waals surface area contributed by atoms with Crippen LogP contribution in [0.4, 0.5) is 10.1 Å². The third kappa shape index (κ3) is 3.54. The molecular formula is C19H25FN2O3. The van der Waals surface area contributed by atoms with Crippen LogP contribution in [0.2, 0.25) is 0 Å². The van der Waals surface area contributed by atoms with Gasteiger partial charge in [-0.2, -0.15) is 0 Å². The molecule has 0 radical (unpaired) electrons. The zero-order valence-electron chi connectivity index (χ0n) is 14.9. The maximum atomic E-state index is 14.4. The second-order valence-corrected chi connectivity index (χ2v) is 6.82. The fraction of sp³-hybridized carbons (Fsp3) is 0.579. The standard InChI is InChI=1S/C19H25FN2O3/c1-13-8-9-15(20)18-14(13)6-5-11-22(18)17(23)12-21-10-4-3-7-16(25-2)19(21)24/h8-9,16H,3-7,10-12H2,1-2H3. The molecule has 0 N–H and O–H groups in total. The Balaban J connectivity index is 1.81. The lowest BCUT2D eigenvalue weighted by atomic mass is 9.96. The largest absolute Gasteiger partial charge is 0.372 e. The summed E-state index contributed by atoms with van der Waals surface area (Å²) in [6.45, 7) is 2.95. The molecule has 6 heteroatoms. The van der Waals surface area contributed by atoms with Crippen LogP contribution >= 0.6 is 0 Å². The van der Waals surface area contributed by atoms with E-state index >= 15 is 0 Å². The lowest BCUT2D eigenvalue weighted by Crippen LogP contribution is -2.47. The monoisotopic (exact) mass is 348 g/mol. The zero-order chi connectivity index (χ0) is 18.0. The van der Waals surface area contributed by atoms with Crippen LogP contribution in [0, 0.1) is 12.7 Å². The number of carbonyl (C=O) groups excluding carboxylic acids is 2. The number of nitrogens with zero attached hydrogens (tertiary/aromatic N) is 2. The average molecular weight is 348 g/mol. The zero-order valence-corrected chi connectivity index (χ0v) is 14.9. The quantitative estimate of drug-likeness (QED) is 0.843. The summed E-state index contributed by atoms with van der Waals surface area (Å²) in [5, 5.41) is 0. The number of anilines is 1. The number of halogens is 1. The van der Waals surface area contributed by atoms with Crippen LogP contribution in [0.1, 0.15) is 36.8 Å². The summed E-state index contributed by atoms with van der Waals surface area (Å²) in [5.74, 6) is -0.739. The second kappa shape index (κ2) is 7.52. The van der Waals surface area contributed by atoms with Gasteiger partial charge in [-0.15, -0.1) is 0 Å². The van der Waals surface area contributed by atoms with E-state index in [0.717, 1.165) is 36.8 Å². The van der Waals surface area contributed by atoms with Crippen LogP contribution in [-0.4, -0.2) is 49.6 Å². The third-order valence-electron chi connectivity index (χ3n) is 5.19. The van der Waals surface area contributed by atoms with Gasteiger partial charge in [-0.3, -0.25) is 9.59 Å². The van der Waals surface area contributed by atoms with E-state index in [1.165, 1.54) is 18.1 Å². The van der Waals surface area contributed by atoms with Gasteiger partial charge in [-0.1, -0.05) is 6.07 Å². The highest BCUT2D eigenvalue weighted by Gasteiger charge is 2.32. The van der Waals surface area contributed by atoms with Crippen molar-refractivity contribution < 1.29 is 18.7 Å². The molecule has 2 amide bonds. The Morgan fingerprint density at radius 3 is 2.84 bits per heavy atom. The van der Waals surface area contributed by atoms with Gasteiger partial charge < -0.3 is 14.5 Å². The summed E-state index contributed by atoms with van der Waals surface area (Å²) >= 11 is 0. The van der Waals surface area contributed by atoms with E-state index in [4.69, 9.17) is 4.74 Å². The highest BCUT2D eigenvalue weighted by molar-refractivity contribution is 5.98. The molecular weight excluding hydrogens is 323 g/mol. The Bertz CT molecular complexity index is 677. The van der Waals surface area contributed by atoms with E-state index in [2.05, 4.69) is 0 Å². The Morgan fingerprint density at radius 2 is 2.08 bits per heavy atom. The molecule has 136 valence electrons. The molecule has 0 saturated carbocycles. The first-order chi connectivity index (χ1) is 12.0. The van der Waals surface area contributed by atoms with Crippen LogP contribution in [0.5, 0.6) is 0 Å². The van der Waals surface area contributed by atoms with Crippen LogP contribution in [0.3, 0.4) is 0 Å².